The molecule has 2 aromatic heterocycles. The molecular formula is C25H24F2N8O. The van der Waals surface area contributed by atoms with Crippen LogP contribution in [0.5, 0.6) is 0 Å². The lowest BCUT2D eigenvalue weighted by atomic mass is 10.1. The van der Waals surface area contributed by atoms with Crippen LogP contribution in [-0.2, 0) is 11.8 Å². The second kappa shape index (κ2) is 10.2. The Morgan fingerprint density at radius 2 is 1.86 bits per heavy atom. The van der Waals surface area contributed by atoms with E-state index in [-0.39, 0.29) is 17.5 Å². The molecule has 0 unspecified atom stereocenters. The Kier molecular flexibility index (Phi) is 6.91. The Hall–Kier alpha value is -4.80. The zero-order valence-electron chi connectivity index (χ0n) is 19.9. The second-order valence-corrected chi connectivity index (χ2v) is 8.06. The van der Waals surface area contributed by atoms with Gasteiger partial charge in [0.05, 0.1) is 23.3 Å². The number of carbonyl (C=O) groups is 1. The first-order valence-electron chi connectivity index (χ1n) is 10.8. The van der Waals surface area contributed by atoms with E-state index >= 15 is 0 Å². The van der Waals surface area contributed by atoms with Crippen LogP contribution in [0.4, 0.5) is 43.3 Å². The van der Waals surface area contributed by atoms with Crippen molar-refractivity contribution in [1.82, 2.24) is 19.7 Å². The van der Waals surface area contributed by atoms with Gasteiger partial charge in [0.25, 0.3) is 0 Å². The van der Waals surface area contributed by atoms with Gasteiger partial charge in [0.1, 0.15) is 17.5 Å². The summed E-state index contributed by atoms with van der Waals surface area (Å²) in [4.78, 5) is 22.2. The van der Waals surface area contributed by atoms with Crippen molar-refractivity contribution >= 4 is 40.4 Å². The predicted molar refractivity (Wildman–Crippen MR) is 137 cm³/mol. The molecule has 3 N–H and O–H groups in total. The van der Waals surface area contributed by atoms with Gasteiger partial charge in [-0.25, -0.2) is 13.8 Å². The average molecular weight is 491 g/mol. The van der Waals surface area contributed by atoms with Crippen molar-refractivity contribution < 1.29 is 13.6 Å². The normalized spacial score (nSPS) is 10.6. The Balaban J connectivity index is 1.76. The number of rotatable bonds is 8. The van der Waals surface area contributed by atoms with Crippen molar-refractivity contribution in [2.24, 2.45) is 7.05 Å². The van der Waals surface area contributed by atoms with E-state index in [2.05, 4.69) is 37.6 Å². The van der Waals surface area contributed by atoms with Gasteiger partial charge >= 0.3 is 0 Å². The predicted octanol–water partition coefficient (Wildman–Crippen LogP) is 4.83. The molecule has 36 heavy (non-hydrogen) atoms. The van der Waals surface area contributed by atoms with Crippen LogP contribution in [0.1, 0.15) is 0 Å². The molecule has 4 rings (SSSR count). The molecule has 0 aliphatic rings. The van der Waals surface area contributed by atoms with Gasteiger partial charge < -0.3 is 20.9 Å². The molecular weight excluding hydrogens is 466 g/mol. The third-order valence-electron chi connectivity index (χ3n) is 5.16. The highest BCUT2D eigenvalue weighted by Gasteiger charge is 2.15. The zero-order valence-corrected chi connectivity index (χ0v) is 19.9. The van der Waals surface area contributed by atoms with Crippen molar-refractivity contribution in [3.63, 3.8) is 0 Å². The number of nitrogens with zero attached hydrogens (tertiary/aromatic N) is 5. The Labute approximate surface area is 206 Å². The molecule has 0 saturated carbocycles. The quantitative estimate of drug-likeness (QED) is 0.304. The molecule has 0 saturated heterocycles. The van der Waals surface area contributed by atoms with Crippen molar-refractivity contribution in [2.45, 2.75) is 0 Å². The van der Waals surface area contributed by atoms with E-state index in [0.29, 0.717) is 28.2 Å². The first-order chi connectivity index (χ1) is 17.2. The van der Waals surface area contributed by atoms with Crippen LogP contribution in [0.2, 0.25) is 0 Å². The van der Waals surface area contributed by atoms with Crippen molar-refractivity contribution in [2.75, 3.05) is 34.9 Å². The van der Waals surface area contributed by atoms with Crippen LogP contribution in [-0.4, -0.2) is 39.8 Å². The Morgan fingerprint density at radius 3 is 2.53 bits per heavy atom. The van der Waals surface area contributed by atoms with E-state index < -0.39 is 17.5 Å². The van der Waals surface area contributed by atoms with Crippen molar-refractivity contribution in [3.8, 4) is 11.1 Å². The number of aryl methyl sites for hydroxylation is 1. The molecule has 0 aliphatic carbocycles. The van der Waals surface area contributed by atoms with Crippen LogP contribution >= 0.6 is 0 Å². The Bertz CT molecular complexity index is 1430. The number of carbonyl (C=O) groups excluding carboxylic acids is 1. The average Bonchev–Trinajstić information content (AvgIpc) is 3.25. The van der Waals surface area contributed by atoms with Gasteiger partial charge in [-0.15, -0.1) is 0 Å². The number of hydrogen-bond donors (Lipinski definition) is 3. The smallest absolute Gasteiger partial charge is 0.247 e. The summed E-state index contributed by atoms with van der Waals surface area (Å²) in [6.45, 7) is 3.41. The Morgan fingerprint density at radius 1 is 1.06 bits per heavy atom. The number of anilines is 6. The highest BCUT2D eigenvalue weighted by Crippen LogP contribution is 2.33. The van der Waals surface area contributed by atoms with Crippen LogP contribution < -0.4 is 20.9 Å². The van der Waals surface area contributed by atoms with Gasteiger partial charge in [-0.05, 0) is 42.0 Å². The fourth-order valence-electron chi connectivity index (χ4n) is 3.42. The molecule has 0 fully saturated rings. The third kappa shape index (κ3) is 5.46. The minimum absolute atomic E-state index is 0.0505. The topological polar surface area (TPSA) is 100 Å². The summed E-state index contributed by atoms with van der Waals surface area (Å²) < 4.78 is 31.1. The molecule has 2 heterocycles. The van der Waals surface area contributed by atoms with Crippen molar-refractivity contribution in [1.29, 1.82) is 0 Å². The van der Waals surface area contributed by atoms with Crippen LogP contribution in [0.3, 0.4) is 0 Å². The molecule has 4 aromatic rings. The van der Waals surface area contributed by atoms with Crippen LogP contribution in [0.25, 0.3) is 11.1 Å². The molecule has 0 aliphatic heterocycles. The van der Waals surface area contributed by atoms with Crippen LogP contribution in [0.15, 0.2) is 67.6 Å². The summed E-state index contributed by atoms with van der Waals surface area (Å²) in [6, 6.07) is 8.79. The SMILES string of the molecule is C=CC(=O)Nc1ccc(F)c(Nc2nc(Nc3cnn(C)c3)ncc2-c2ccc(N(C)C)c(F)c2)c1. The molecule has 184 valence electrons. The number of hydrogen-bond acceptors (Lipinski definition) is 7. The summed E-state index contributed by atoms with van der Waals surface area (Å²) in [6.07, 6.45) is 5.97. The van der Waals surface area contributed by atoms with E-state index in [1.54, 1.807) is 55.3 Å². The first-order valence-corrected chi connectivity index (χ1v) is 10.8. The molecule has 0 spiro atoms. The molecule has 0 bridgehead atoms. The first kappa shape index (κ1) is 24.3. The maximum absolute atomic E-state index is 14.8. The van der Waals surface area contributed by atoms with Gasteiger partial charge in [0.15, 0.2) is 0 Å². The number of nitrogens with one attached hydrogen (secondary N) is 3. The standard InChI is InChI=1S/C25H24F2N8O/c1-5-23(36)30-16-7-8-19(26)21(11-16)32-24-18(15-6-9-22(34(2)3)20(27)10-15)13-28-25(33-24)31-17-12-29-35(4)14-17/h5-14H,1H2,2-4H3,(H,30,36)(H2,28,31,32,33). The summed E-state index contributed by atoms with van der Waals surface area (Å²) in [5.74, 6) is -1.00. The molecule has 0 radical (unpaired) electrons. The fourth-order valence-corrected chi connectivity index (χ4v) is 3.42. The lowest BCUT2D eigenvalue weighted by Gasteiger charge is -2.17. The van der Waals surface area contributed by atoms with Gasteiger partial charge in [-0.2, -0.15) is 10.1 Å². The fraction of sp³-hybridized carbons (Fsp3) is 0.120. The minimum atomic E-state index is -0.577. The number of halogens is 2. The zero-order chi connectivity index (χ0) is 25.8. The summed E-state index contributed by atoms with van der Waals surface area (Å²) >= 11 is 0. The summed E-state index contributed by atoms with van der Waals surface area (Å²) in [5.41, 5.74) is 2.41. The monoisotopic (exact) mass is 490 g/mol. The molecule has 11 heteroatoms. The summed E-state index contributed by atoms with van der Waals surface area (Å²) in [5, 5.41) is 12.7. The molecule has 0 atom stereocenters. The number of aromatic nitrogens is 4. The lowest BCUT2D eigenvalue weighted by Crippen LogP contribution is -2.10. The molecule has 9 nitrogen and oxygen atoms in total. The minimum Gasteiger partial charge on any atom is -0.375 e. The van der Waals surface area contributed by atoms with Gasteiger partial charge in [-0.3, -0.25) is 9.48 Å². The van der Waals surface area contributed by atoms with E-state index in [1.165, 1.54) is 30.5 Å². The van der Waals surface area contributed by atoms with E-state index in [1.807, 2.05) is 0 Å². The third-order valence-corrected chi connectivity index (χ3v) is 5.16. The molecule has 1 amide bonds. The van der Waals surface area contributed by atoms with Gasteiger partial charge in [0.2, 0.25) is 11.9 Å². The van der Waals surface area contributed by atoms with Crippen molar-refractivity contribution in [3.05, 3.63) is 79.3 Å². The highest BCUT2D eigenvalue weighted by atomic mass is 19.1. The van der Waals surface area contributed by atoms with Gasteiger partial charge in [-0.1, -0.05) is 12.6 Å². The number of benzene rings is 2. The van der Waals surface area contributed by atoms with Crippen LogP contribution in [0, 0.1) is 11.6 Å². The lowest BCUT2D eigenvalue weighted by molar-refractivity contribution is -0.111. The maximum atomic E-state index is 14.8. The van der Waals surface area contributed by atoms with E-state index in [0.717, 1.165) is 6.08 Å². The largest absolute Gasteiger partial charge is 0.375 e. The number of amides is 1. The maximum Gasteiger partial charge on any atom is 0.247 e. The van der Waals surface area contributed by atoms with Gasteiger partial charge in [0, 0.05) is 44.8 Å². The summed E-state index contributed by atoms with van der Waals surface area (Å²) in [7, 11) is 5.26. The van der Waals surface area contributed by atoms with E-state index in [9.17, 15) is 13.6 Å². The molecule has 2 aromatic carbocycles. The highest BCUT2D eigenvalue weighted by molar-refractivity contribution is 5.99. The second-order valence-electron chi connectivity index (χ2n) is 8.06. The van der Waals surface area contributed by atoms with E-state index in [4.69, 9.17) is 0 Å².